The average molecular weight is 411 g/mol. The van der Waals surface area contributed by atoms with Crippen molar-refractivity contribution in [2.75, 3.05) is 18.9 Å². The van der Waals surface area contributed by atoms with Crippen molar-refractivity contribution in [2.24, 2.45) is 5.92 Å². The summed E-state index contributed by atoms with van der Waals surface area (Å²) in [4.78, 5) is 13.0. The predicted octanol–water partition coefficient (Wildman–Crippen LogP) is 2.06. The van der Waals surface area contributed by atoms with Crippen LogP contribution < -0.4 is 10.5 Å². The Morgan fingerprint density at radius 3 is 2.90 bits per heavy atom. The number of aliphatic hydroxyl groups is 1. The van der Waals surface area contributed by atoms with Crippen LogP contribution in [0.1, 0.15) is 31.6 Å². The van der Waals surface area contributed by atoms with Crippen molar-refractivity contribution in [3.63, 3.8) is 0 Å². The molecule has 2 aliphatic rings. The number of aliphatic hydroxyl groups excluding tert-OH is 1. The molecule has 1 aromatic carbocycles. The number of nitrogens with two attached hydrogens (primary N) is 1. The van der Waals surface area contributed by atoms with E-state index in [1.165, 1.54) is 0 Å². The molecule has 4 atom stereocenters. The van der Waals surface area contributed by atoms with Crippen molar-refractivity contribution in [2.45, 2.75) is 44.3 Å². The number of benzene rings is 1. The largest absolute Gasteiger partial charge is 0.476 e. The van der Waals surface area contributed by atoms with Gasteiger partial charge in [0, 0.05) is 5.92 Å². The van der Waals surface area contributed by atoms with E-state index in [0.717, 1.165) is 18.4 Å². The van der Waals surface area contributed by atoms with E-state index in [0.29, 0.717) is 30.3 Å². The normalized spacial score (nSPS) is 27.7. The average Bonchev–Trinajstić information content (AvgIpc) is 3.43. The van der Waals surface area contributed by atoms with Gasteiger partial charge in [0.1, 0.15) is 11.8 Å². The number of imidazole rings is 1. The van der Waals surface area contributed by atoms with Crippen molar-refractivity contribution in [1.29, 1.82) is 0 Å². The highest BCUT2D eigenvalue weighted by Gasteiger charge is 2.61. The van der Waals surface area contributed by atoms with Crippen molar-refractivity contribution in [3.05, 3.63) is 42.2 Å². The van der Waals surface area contributed by atoms with Crippen LogP contribution in [0.3, 0.4) is 0 Å². The second-order valence-corrected chi connectivity index (χ2v) is 7.80. The van der Waals surface area contributed by atoms with Crippen molar-refractivity contribution < 1.29 is 19.3 Å². The van der Waals surface area contributed by atoms with Crippen LogP contribution in [0.4, 0.5) is 5.95 Å². The summed E-state index contributed by atoms with van der Waals surface area (Å²) in [6.45, 7) is 2.69. The molecule has 9 nitrogen and oxygen atoms in total. The first kappa shape index (κ1) is 19.2. The van der Waals surface area contributed by atoms with Gasteiger partial charge in [-0.3, -0.25) is 4.57 Å². The Morgan fingerprint density at radius 2 is 2.13 bits per heavy atom. The summed E-state index contributed by atoms with van der Waals surface area (Å²) < 4.78 is 20.1. The first-order valence-electron chi connectivity index (χ1n) is 10.2. The summed E-state index contributed by atoms with van der Waals surface area (Å²) >= 11 is 0. The number of nitrogens with zero attached hydrogens (tertiary/aromatic N) is 4. The summed E-state index contributed by atoms with van der Waals surface area (Å²) in [7, 11) is 0. The third-order valence-electron chi connectivity index (χ3n) is 6.03. The highest BCUT2D eigenvalue weighted by atomic mass is 16.6. The molecular formula is C21H25N5O4. The minimum atomic E-state index is -0.734. The van der Waals surface area contributed by atoms with E-state index in [-0.39, 0.29) is 30.8 Å². The Hall–Kier alpha value is -2.75. The number of nitrogen functional groups attached to an aromatic ring is 1. The zero-order chi connectivity index (χ0) is 20.7. The van der Waals surface area contributed by atoms with Gasteiger partial charge in [0.05, 0.1) is 32.3 Å². The minimum Gasteiger partial charge on any atom is -0.476 e. The van der Waals surface area contributed by atoms with Crippen LogP contribution in [-0.4, -0.2) is 49.5 Å². The van der Waals surface area contributed by atoms with E-state index >= 15 is 0 Å². The molecule has 0 amide bonds. The van der Waals surface area contributed by atoms with Crippen LogP contribution >= 0.6 is 0 Å². The molecule has 3 aromatic rings. The van der Waals surface area contributed by atoms with Gasteiger partial charge in [-0.2, -0.15) is 9.97 Å². The van der Waals surface area contributed by atoms with Gasteiger partial charge < -0.3 is 25.1 Å². The topological polar surface area (TPSA) is 118 Å². The van der Waals surface area contributed by atoms with Gasteiger partial charge in [-0.05, 0) is 25.3 Å². The maximum Gasteiger partial charge on any atom is 0.247 e. The molecule has 3 heterocycles. The molecule has 1 saturated heterocycles. The number of fused-ring (bicyclic) bond motifs is 3. The Bertz CT molecular complexity index is 1040. The van der Waals surface area contributed by atoms with Gasteiger partial charge in [0.25, 0.3) is 0 Å². The predicted molar refractivity (Wildman–Crippen MR) is 109 cm³/mol. The highest BCUT2D eigenvalue weighted by molar-refractivity contribution is 5.77. The fourth-order valence-corrected chi connectivity index (χ4v) is 4.68. The Balaban J connectivity index is 1.46. The van der Waals surface area contributed by atoms with Gasteiger partial charge >= 0.3 is 0 Å². The molecule has 1 aliphatic heterocycles. The molecule has 5 rings (SSSR count). The van der Waals surface area contributed by atoms with Crippen LogP contribution in [0.2, 0.25) is 0 Å². The van der Waals surface area contributed by atoms with Gasteiger partial charge in [-0.25, -0.2) is 4.98 Å². The van der Waals surface area contributed by atoms with Crippen LogP contribution in [0.15, 0.2) is 36.7 Å². The minimum absolute atomic E-state index is 0.0602. The summed E-state index contributed by atoms with van der Waals surface area (Å²) in [5.41, 5.74) is 7.35. The second kappa shape index (κ2) is 7.50. The SMILES string of the molecule is CCOc1nc(N)nc2c1ncn2[C@@H]1O[C@@]2(CO)CC[C@@H]1[C@@H]2OCc1ccccc1. The lowest BCUT2D eigenvalue weighted by Gasteiger charge is -2.30. The van der Waals surface area contributed by atoms with Crippen molar-refractivity contribution >= 4 is 17.1 Å². The maximum absolute atomic E-state index is 10.2. The van der Waals surface area contributed by atoms with E-state index in [1.54, 1.807) is 6.33 Å². The van der Waals surface area contributed by atoms with Crippen molar-refractivity contribution in [1.82, 2.24) is 19.5 Å². The molecule has 9 heteroatoms. The summed E-state index contributed by atoms with van der Waals surface area (Å²) in [5.74, 6) is 0.533. The van der Waals surface area contributed by atoms with Crippen LogP contribution in [-0.2, 0) is 16.1 Å². The third-order valence-corrected chi connectivity index (χ3v) is 6.03. The first-order valence-corrected chi connectivity index (χ1v) is 10.2. The van der Waals surface area contributed by atoms with E-state index in [4.69, 9.17) is 19.9 Å². The number of rotatable bonds is 7. The number of ether oxygens (including phenoxy) is 3. The van der Waals surface area contributed by atoms with E-state index in [1.807, 2.05) is 41.8 Å². The van der Waals surface area contributed by atoms with Crippen LogP contribution in [0.5, 0.6) is 5.88 Å². The molecule has 158 valence electrons. The lowest BCUT2D eigenvalue weighted by atomic mass is 10.00. The Labute approximate surface area is 173 Å². The molecule has 0 unspecified atom stereocenters. The van der Waals surface area contributed by atoms with Gasteiger partial charge in [0.2, 0.25) is 11.8 Å². The third kappa shape index (κ3) is 3.01. The molecule has 0 spiro atoms. The molecule has 2 bridgehead atoms. The quantitative estimate of drug-likeness (QED) is 0.607. The van der Waals surface area contributed by atoms with Gasteiger partial charge in [-0.1, -0.05) is 30.3 Å². The number of aromatic nitrogens is 4. The standard InChI is InChI=1S/C21H25N5O4/c1-2-28-18-15-17(24-20(22)25-18)26(12-23-15)19-14-8-9-21(11-27,30-19)16(14)29-10-13-6-4-3-5-7-13/h3-7,12,14,16,19,27H,2,8-11H2,1H3,(H2,22,24,25)/t14-,16+,19-,21-/m1/s1. The highest BCUT2D eigenvalue weighted by Crippen LogP contribution is 2.54. The van der Waals surface area contributed by atoms with Crippen LogP contribution in [0, 0.1) is 5.92 Å². The fraction of sp³-hybridized carbons (Fsp3) is 0.476. The van der Waals surface area contributed by atoms with Gasteiger partial charge in [0.15, 0.2) is 11.2 Å². The number of hydrogen-bond donors (Lipinski definition) is 2. The zero-order valence-electron chi connectivity index (χ0n) is 16.8. The van der Waals surface area contributed by atoms with E-state index < -0.39 is 5.60 Å². The molecular weight excluding hydrogens is 386 g/mol. The second-order valence-electron chi connectivity index (χ2n) is 7.80. The molecule has 1 saturated carbocycles. The smallest absolute Gasteiger partial charge is 0.247 e. The van der Waals surface area contributed by atoms with Crippen LogP contribution in [0.25, 0.3) is 11.2 Å². The molecule has 2 aromatic heterocycles. The van der Waals surface area contributed by atoms with E-state index in [2.05, 4.69) is 15.0 Å². The molecule has 1 aliphatic carbocycles. The zero-order valence-corrected chi connectivity index (χ0v) is 16.8. The summed E-state index contributed by atoms with van der Waals surface area (Å²) in [5, 5.41) is 10.2. The van der Waals surface area contributed by atoms with Gasteiger partial charge in [-0.15, -0.1) is 0 Å². The number of hydrogen-bond acceptors (Lipinski definition) is 8. The molecule has 2 fully saturated rings. The molecule has 0 radical (unpaired) electrons. The molecule has 30 heavy (non-hydrogen) atoms. The fourth-order valence-electron chi connectivity index (χ4n) is 4.68. The molecule has 3 N–H and O–H groups in total. The summed E-state index contributed by atoms with van der Waals surface area (Å²) in [6.07, 6.45) is 2.71. The summed E-state index contributed by atoms with van der Waals surface area (Å²) in [6, 6.07) is 10.0. The first-order chi connectivity index (χ1) is 14.6. The van der Waals surface area contributed by atoms with Crippen molar-refractivity contribution in [3.8, 4) is 5.88 Å². The lowest BCUT2D eigenvalue weighted by molar-refractivity contribution is -0.148. The monoisotopic (exact) mass is 411 g/mol. The Morgan fingerprint density at radius 1 is 1.30 bits per heavy atom. The Kier molecular flexibility index (Phi) is 4.80. The maximum atomic E-state index is 10.2. The lowest BCUT2D eigenvalue weighted by Crippen LogP contribution is -2.42. The number of anilines is 1. The van der Waals surface area contributed by atoms with E-state index in [9.17, 15) is 5.11 Å².